The molecule has 2 unspecified atom stereocenters. The van der Waals surface area contributed by atoms with Gasteiger partial charge < -0.3 is 19.1 Å². The summed E-state index contributed by atoms with van der Waals surface area (Å²) in [5, 5.41) is 0. The van der Waals surface area contributed by atoms with Gasteiger partial charge in [0.25, 0.3) is 0 Å². The van der Waals surface area contributed by atoms with Gasteiger partial charge >= 0.3 is 5.97 Å². The molecule has 0 aromatic heterocycles. The number of hydrogen-bond acceptors (Lipinski definition) is 5. The van der Waals surface area contributed by atoms with Crippen LogP contribution in [-0.4, -0.2) is 51.3 Å². The lowest BCUT2D eigenvalue weighted by Crippen LogP contribution is -2.41. The molecule has 0 aliphatic carbocycles. The SMILES string of the molecule is CCC(=O)OC1CCN(C)CC1c1cc(OC)c(CC)c(OC)c1. The van der Waals surface area contributed by atoms with Crippen LogP contribution in [0.4, 0.5) is 0 Å². The maximum atomic E-state index is 11.8. The first-order valence-electron chi connectivity index (χ1n) is 8.66. The van der Waals surface area contributed by atoms with E-state index in [9.17, 15) is 4.79 Å². The number of carbonyl (C=O) groups excluding carboxylic acids is 1. The second kappa shape index (κ2) is 8.38. The number of piperidine rings is 1. The zero-order chi connectivity index (χ0) is 17.7. The summed E-state index contributed by atoms with van der Waals surface area (Å²) in [6, 6.07) is 4.13. The molecule has 1 fully saturated rings. The number of hydrogen-bond donors (Lipinski definition) is 0. The van der Waals surface area contributed by atoms with E-state index in [-0.39, 0.29) is 18.0 Å². The fraction of sp³-hybridized carbons (Fsp3) is 0.632. The molecule has 1 aromatic rings. The lowest BCUT2D eigenvalue weighted by molar-refractivity contribution is -0.151. The van der Waals surface area contributed by atoms with Crippen molar-refractivity contribution in [2.75, 3.05) is 34.4 Å². The van der Waals surface area contributed by atoms with E-state index < -0.39 is 0 Å². The molecular formula is C19H29NO4. The number of methoxy groups -OCH3 is 2. The third-order valence-electron chi connectivity index (χ3n) is 4.74. The first-order valence-corrected chi connectivity index (χ1v) is 8.66. The van der Waals surface area contributed by atoms with Gasteiger partial charge in [0.15, 0.2) is 0 Å². The van der Waals surface area contributed by atoms with E-state index in [1.165, 1.54) is 0 Å². The molecule has 134 valence electrons. The standard InChI is InChI=1S/C19H29NO4/c1-6-14-17(22-4)10-13(11-18(14)23-5)15-12-20(3)9-8-16(15)24-19(21)7-2/h10-11,15-16H,6-9,12H2,1-5H3. The normalized spacial score (nSPS) is 21.4. The monoisotopic (exact) mass is 335 g/mol. The molecule has 2 rings (SSSR count). The van der Waals surface area contributed by atoms with Gasteiger partial charge in [0, 0.05) is 31.0 Å². The molecule has 24 heavy (non-hydrogen) atoms. The summed E-state index contributed by atoms with van der Waals surface area (Å²) in [6.07, 6.45) is 1.98. The average Bonchev–Trinajstić information content (AvgIpc) is 2.61. The zero-order valence-corrected chi connectivity index (χ0v) is 15.4. The predicted octanol–water partition coefficient (Wildman–Crippen LogP) is 3.01. The maximum absolute atomic E-state index is 11.8. The van der Waals surface area contributed by atoms with Crippen LogP contribution >= 0.6 is 0 Å². The zero-order valence-electron chi connectivity index (χ0n) is 15.4. The Morgan fingerprint density at radius 3 is 2.33 bits per heavy atom. The van der Waals surface area contributed by atoms with E-state index >= 15 is 0 Å². The van der Waals surface area contributed by atoms with E-state index in [2.05, 4.69) is 31.0 Å². The van der Waals surface area contributed by atoms with E-state index in [4.69, 9.17) is 14.2 Å². The Bertz CT molecular complexity index is 547. The first-order chi connectivity index (χ1) is 11.5. The van der Waals surface area contributed by atoms with Gasteiger partial charge in [-0.2, -0.15) is 0 Å². The number of likely N-dealkylation sites (N-methyl/N-ethyl adjacent to an activating group) is 1. The van der Waals surface area contributed by atoms with Crippen LogP contribution in [0, 0.1) is 0 Å². The summed E-state index contributed by atoms with van der Waals surface area (Å²) in [4.78, 5) is 14.1. The topological polar surface area (TPSA) is 48.0 Å². The number of rotatable bonds is 6. The van der Waals surface area contributed by atoms with Gasteiger partial charge in [0.05, 0.1) is 14.2 Å². The number of ether oxygens (including phenoxy) is 3. The highest BCUT2D eigenvalue weighted by Gasteiger charge is 2.32. The van der Waals surface area contributed by atoms with E-state index in [1.807, 2.05) is 6.92 Å². The van der Waals surface area contributed by atoms with Crippen molar-refractivity contribution in [2.24, 2.45) is 0 Å². The van der Waals surface area contributed by atoms with Gasteiger partial charge in [0.2, 0.25) is 0 Å². The Morgan fingerprint density at radius 2 is 1.83 bits per heavy atom. The minimum absolute atomic E-state index is 0.101. The highest BCUT2D eigenvalue weighted by atomic mass is 16.5. The van der Waals surface area contributed by atoms with Crippen molar-refractivity contribution in [3.8, 4) is 11.5 Å². The molecule has 1 aromatic carbocycles. The number of benzene rings is 1. The van der Waals surface area contributed by atoms with Crippen molar-refractivity contribution in [3.63, 3.8) is 0 Å². The van der Waals surface area contributed by atoms with Gasteiger partial charge in [-0.05, 0) is 37.6 Å². The number of nitrogens with zero attached hydrogens (tertiary/aromatic N) is 1. The Balaban J connectivity index is 2.39. The van der Waals surface area contributed by atoms with Gasteiger partial charge in [0.1, 0.15) is 17.6 Å². The van der Waals surface area contributed by atoms with Crippen LogP contribution in [0.15, 0.2) is 12.1 Å². The van der Waals surface area contributed by atoms with Crippen LogP contribution in [0.25, 0.3) is 0 Å². The highest BCUT2D eigenvalue weighted by molar-refractivity contribution is 5.69. The van der Waals surface area contributed by atoms with Gasteiger partial charge in [-0.3, -0.25) is 4.79 Å². The minimum atomic E-state index is -0.140. The summed E-state index contributed by atoms with van der Waals surface area (Å²) >= 11 is 0. The van der Waals surface area contributed by atoms with Crippen molar-refractivity contribution in [2.45, 2.75) is 45.1 Å². The molecule has 5 nitrogen and oxygen atoms in total. The summed E-state index contributed by atoms with van der Waals surface area (Å²) in [5.74, 6) is 1.65. The third kappa shape index (κ3) is 4.01. The predicted molar refractivity (Wildman–Crippen MR) is 94.0 cm³/mol. The molecule has 2 atom stereocenters. The summed E-state index contributed by atoms with van der Waals surface area (Å²) < 4.78 is 16.9. The maximum Gasteiger partial charge on any atom is 0.305 e. The first kappa shape index (κ1) is 18.6. The van der Waals surface area contributed by atoms with E-state index in [1.54, 1.807) is 14.2 Å². The molecule has 1 aliphatic heterocycles. The molecule has 0 amide bonds. The Kier molecular flexibility index (Phi) is 6.49. The highest BCUT2D eigenvalue weighted by Crippen LogP contribution is 2.37. The molecule has 0 saturated carbocycles. The van der Waals surface area contributed by atoms with Crippen LogP contribution in [-0.2, 0) is 16.0 Å². The Morgan fingerprint density at radius 1 is 1.21 bits per heavy atom. The lowest BCUT2D eigenvalue weighted by Gasteiger charge is -2.37. The number of carbonyl (C=O) groups is 1. The van der Waals surface area contributed by atoms with Gasteiger partial charge in [-0.25, -0.2) is 0 Å². The van der Waals surface area contributed by atoms with Crippen LogP contribution in [0.3, 0.4) is 0 Å². The smallest absolute Gasteiger partial charge is 0.305 e. The molecule has 0 spiro atoms. The van der Waals surface area contributed by atoms with Crippen molar-refractivity contribution in [1.29, 1.82) is 0 Å². The molecule has 0 radical (unpaired) electrons. The van der Waals surface area contributed by atoms with Crippen LogP contribution < -0.4 is 9.47 Å². The molecule has 1 saturated heterocycles. The summed E-state index contributed by atoms with van der Waals surface area (Å²) in [7, 11) is 5.46. The molecule has 5 heteroatoms. The van der Waals surface area contributed by atoms with E-state index in [0.29, 0.717) is 6.42 Å². The van der Waals surface area contributed by atoms with Crippen LogP contribution in [0.1, 0.15) is 43.7 Å². The van der Waals surface area contributed by atoms with Crippen LogP contribution in [0.5, 0.6) is 11.5 Å². The number of esters is 1. The summed E-state index contributed by atoms with van der Waals surface area (Å²) in [6.45, 7) is 5.69. The summed E-state index contributed by atoms with van der Waals surface area (Å²) in [5.41, 5.74) is 2.16. The Labute approximate surface area is 144 Å². The fourth-order valence-electron chi connectivity index (χ4n) is 3.37. The van der Waals surface area contributed by atoms with Crippen molar-refractivity contribution in [3.05, 3.63) is 23.3 Å². The van der Waals surface area contributed by atoms with Gasteiger partial charge in [-0.15, -0.1) is 0 Å². The van der Waals surface area contributed by atoms with Crippen molar-refractivity contribution < 1.29 is 19.0 Å². The fourth-order valence-corrected chi connectivity index (χ4v) is 3.37. The second-order valence-corrected chi connectivity index (χ2v) is 6.30. The third-order valence-corrected chi connectivity index (χ3v) is 4.74. The van der Waals surface area contributed by atoms with Gasteiger partial charge in [-0.1, -0.05) is 13.8 Å². The second-order valence-electron chi connectivity index (χ2n) is 6.30. The van der Waals surface area contributed by atoms with Crippen molar-refractivity contribution in [1.82, 2.24) is 4.90 Å². The Hall–Kier alpha value is -1.75. The molecule has 1 heterocycles. The van der Waals surface area contributed by atoms with Crippen LogP contribution in [0.2, 0.25) is 0 Å². The molecule has 1 aliphatic rings. The largest absolute Gasteiger partial charge is 0.496 e. The average molecular weight is 335 g/mol. The van der Waals surface area contributed by atoms with E-state index in [0.717, 1.165) is 48.6 Å². The van der Waals surface area contributed by atoms with Crippen molar-refractivity contribution >= 4 is 5.97 Å². The quantitative estimate of drug-likeness (QED) is 0.748. The number of likely N-dealkylation sites (tertiary alicyclic amines) is 1. The minimum Gasteiger partial charge on any atom is -0.496 e. The molecule has 0 N–H and O–H groups in total. The molecular weight excluding hydrogens is 306 g/mol. The lowest BCUT2D eigenvalue weighted by atomic mass is 9.86. The molecule has 0 bridgehead atoms.